The molecular formula is C44H24N4O2. The van der Waals surface area contributed by atoms with Crippen molar-refractivity contribution >= 4 is 44.6 Å². The number of ether oxygens (including phenoxy) is 2. The van der Waals surface area contributed by atoms with E-state index in [0.717, 1.165) is 89.8 Å². The molecule has 10 rings (SSSR count). The highest BCUT2D eigenvalue weighted by Crippen LogP contribution is 2.52. The van der Waals surface area contributed by atoms with Crippen molar-refractivity contribution < 1.29 is 9.47 Å². The molecular weight excluding hydrogens is 617 g/mol. The minimum absolute atomic E-state index is 0.494. The molecule has 50 heavy (non-hydrogen) atoms. The molecule has 0 saturated heterocycles. The molecule has 0 amide bonds. The fourth-order valence-electron chi connectivity index (χ4n) is 7.37. The van der Waals surface area contributed by atoms with E-state index in [1.54, 1.807) is 0 Å². The van der Waals surface area contributed by atoms with Crippen LogP contribution in [0.5, 0.6) is 23.0 Å². The molecule has 0 atom stereocenters. The lowest BCUT2D eigenvalue weighted by Gasteiger charge is -2.33. The summed E-state index contributed by atoms with van der Waals surface area (Å²) < 4.78 is 15.1. The second kappa shape index (κ2) is 10.6. The van der Waals surface area contributed by atoms with E-state index >= 15 is 0 Å². The van der Waals surface area contributed by atoms with E-state index in [0.29, 0.717) is 11.3 Å². The standard InChI is InChI=1S/C44H24N4O2/c1-46-32-21-30(22-33(25-32)47-37-12-4-7-15-40(37)49-41-16-8-5-13-38(41)47)28-18-27(26-45)19-29(20-28)31-23-35-34-10-2-3-11-36(34)48-39-14-6-9-17-42(39)50-43(24-31)44(35)48/h2-25H. The van der Waals surface area contributed by atoms with Gasteiger partial charge >= 0.3 is 0 Å². The third-order valence-electron chi connectivity index (χ3n) is 9.51. The third kappa shape index (κ3) is 4.13. The maximum Gasteiger partial charge on any atom is 0.189 e. The van der Waals surface area contributed by atoms with Gasteiger partial charge in [-0.15, -0.1) is 0 Å². The Morgan fingerprint density at radius 1 is 0.540 bits per heavy atom. The van der Waals surface area contributed by atoms with E-state index in [2.05, 4.69) is 75.0 Å². The highest BCUT2D eigenvalue weighted by Gasteiger charge is 2.27. The van der Waals surface area contributed by atoms with Crippen LogP contribution in [-0.4, -0.2) is 4.57 Å². The van der Waals surface area contributed by atoms with Gasteiger partial charge in [0.1, 0.15) is 0 Å². The van der Waals surface area contributed by atoms with E-state index in [9.17, 15) is 5.26 Å². The van der Waals surface area contributed by atoms with Crippen LogP contribution in [0.25, 0.3) is 54.6 Å². The SMILES string of the molecule is [C-]#[N+]c1cc(-c2cc(C#N)cc(-c3cc4c5c(c3)c3ccccc3n5-c3ccccc3O4)c2)cc(N2c3ccccc3Oc3ccccc32)c1. The number of benzene rings is 7. The van der Waals surface area contributed by atoms with Gasteiger partial charge in [-0.3, -0.25) is 0 Å². The van der Waals surface area contributed by atoms with Gasteiger partial charge in [-0.2, -0.15) is 5.26 Å². The van der Waals surface area contributed by atoms with Crippen LogP contribution in [0, 0.1) is 17.9 Å². The first kappa shape index (κ1) is 27.8. The molecule has 0 N–H and O–H groups in total. The van der Waals surface area contributed by atoms with Crippen LogP contribution in [0.15, 0.2) is 146 Å². The monoisotopic (exact) mass is 640 g/mol. The Balaban J connectivity index is 1.16. The molecule has 7 aromatic carbocycles. The van der Waals surface area contributed by atoms with Gasteiger partial charge in [-0.1, -0.05) is 54.6 Å². The number of aromatic nitrogens is 1. The summed E-state index contributed by atoms with van der Waals surface area (Å²) in [5.41, 5.74) is 10.2. The van der Waals surface area contributed by atoms with Gasteiger partial charge in [0.25, 0.3) is 0 Å². The van der Waals surface area contributed by atoms with E-state index in [1.807, 2.05) is 91.0 Å². The third-order valence-corrected chi connectivity index (χ3v) is 9.51. The van der Waals surface area contributed by atoms with Crippen LogP contribution in [0.4, 0.5) is 22.7 Å². The Bertz CT molecular complexity index is 2770. The fraction of sp³-hybridized carbons (Fsp3) is 0. The van der Waals surface area contributed by atoms with Crippen LogP contribution in [0.2, 0.25) is 0 Å². The first-order valence-corrected chi connectivity index (χ1v) is 16.3. The first-order valence-electron chi connectivity index (χ1n) is 16.3. The van der Waals surface area contributed by atoms with Gasteiger partial charge < -0.3 is 18.9 Å². The zero-order chi connectivity index (χ0) is 33.3. The molecule has 0 spiro atoms. The zero-order valence-corrected chi connectivity index (χ0v) is 26.5. The predicted molar refractivity (Wildman–Crippen MR) is 197 cm³/mol. The molecule has 0 bridgehead atoms. The number of hydrogen-bond donors (Lipinski definition) is 0. The summed E-state index contributed by atoms with van der Waals surface area (Å²) in [6.07, 6.45) is 0. The van der Waals surface area contributed by atoms with Crippen LogP contribution >= 0.6 is 0 Å². The molecule has 0 saturated carbocycles. The minimum Gasteiger partial charge on any atom is -0.453 e. The average molecular weight is 641 g/mol. The number of fused-ring (bicyclic) bond motifs is 7. The predicted octanol–water partition coefficient (Wildman–Crippen LogP) is 12.2. The highest BCUT2D eigenvalue weighted by molar-refractivity contribution is 6.13. The minimum atomic E-state index is 0.494. The van der Waals surface area contributed by atoms with Crippen molar-refractivity contribution in [3.05, 3.63) is 163 Å². The molecule has 0 radical (unpaired) electrons. The van der Waals surface area contributed by atoms with Crippen molar-refractivity contribution in [2.75, 3.05) is 4.90 Å². The summed E-state index contributed by atoms with van der Waals surface area (Å²) in [6.45, 7) is 8.02. The zero-order valence-electron chi connectivity index (χ0n) is 26.5. The van der Waals surface area contributed by atoms with Gasteiger partial charge in [-0.05, 0) is 113 Å². The number of hydrogen-bond acceptors (Lipinski definition) is 4. The number of nitrogens with zero attached hydrogens (tertiary/aromatic N) is 4. The van der Waals surface area contributed by atoms with Crippen molar-refractivity contribution in [2.45, 2.75) is 0 Å². The van der Waals surface area contributed by atoms with E-state index in [-0.39, 0.29) is 0 Å². The van der Waals surface area contributed by atoms with Crippen molar-refractivity contribution in [1.82, 2.24) is 4.57 Å². The van der Waals surface area contributed by atoms with Crippen molar-refractivity contribution in [3.8, 4) is 57.0 Å². The van der Waals surface area contributed by atoms with E-state index in [1.165, 1.54) is 0 Å². The Morgan fingerprint density at radius 3 is 1.82 bits per heavy atom. The molecule has 2 aliphatic heterocycles. The van der Waals surface area contributed by atoms with Gasteiger partial charge in [0, 0.05) is 16.5 Å². The topological polar surface area (TPSA) is 54.8 Å². The highest BCUT2D eigenvalue weighted by atomic mass is 16.5. The summed E-state index contributed by atoms with van der Waals surface area (Å²) in [6, 6.07) is 50.7. The Kier molecular flexibility index (Phi) is 5.90. The number of rotatable bonds is 3. The van der Waals surface area contributed by atoms with Crippen molar-refractivity contribution in [3.63, 3.8) is 0 Å². The molecule has 0 aliphatic carbocycles. The normalized spacial score (nSPS) is 12.2. The number of para-hydroxylation sites is 7. The lowest BCUT2D eigenvalue weighted by Crippen LogP contribution is -2.15. The first-order chi connectivity index (χ1) is 24.7. The van der Waals surface area contributed by atoms with Crippen molar-refractivity contribution in [1.29, 1.82) is 5.26 Å². The molecule has 2 aliphatic rings. The molecule has 3 heterocycles. The summed E-state index contributed by atoms with van der Waals surface area (Å²) in [5, 5.41) is 12.4. The van der Waals surface area contributed by atoms with Crippen LogP contribution < -0.4 is 14.4 Å². The Morgan fingerprint density at radius 2 is 1.12 bits per heavy atom. The van der Waals surface area contributed by atoms with Gasteiger partial charge in [0.2, 0.25) is 0 Å². The molecule has 6 heteroatoms. The van der Waals surface area contributed by atoms with Gasteiger partial charge in [-0.25, -0.2) is 4.85 Å². The molecule has 1 aromatic heterocycles. The number of anilines is 3. The Hall–Kier alpha value is -7.28. The Labute approximate surface area is 287 Å². The lowest BCUT2D eigenvalue weighted by molar-refractivity contribution is 0.476. The van der Waals surface area contributed by atoms with Crippen LogP contribution in [0.1, 0.15) is 5.56 Å². The lowest BCUT2D eigenvalue weighted by atomic mass is 9.94. The molecule has 8 aromatic rings. The summed E-state index contributed by atoms with van der Waals surface area (Å²) >= 11 is 0. The van der Waals surface area contributed by atoms with E-state index in [4.69, 9.17) is 16.0 Å². The maximum absolute atomic E-state index is 10.2. The summed E-state index contributed by atoms with van der Waals surface area (Å²) in [5.74, 6) is 3.03. The largest absolute Gasteiger partial charge is 0.453 e. The molecule has 232 valence electrons. The molecule has 6 nitrogen and oxygen atoms in total. The second-order valence-electron chi connectivity index (χ2n) is 12.4. The summed E-state index contributed by atoms with van der Waals surface area (Å²) in [4.78, 5) is 6.00. The molecule has 0 unspecified atom stereocenters. The smallest absolute Gasteiger partial charge is 0.189 e. The molecule has 0 fully saturated rings. The number of nitriles is 1. The quantitative estimate of drug-likeness (QED) is 0.180. The maximum atomic E-state index is 10.2. The van der Waals surface area contributed by atoms with Crippen LogP contribution in [0.3, 0.4) is 0 Å². The van der Waals surface area contributed by atoms with Gasteiger partial charge in [0.05, 0.1) is 46.3 Å². The van der Waals surface area contributed by atoms with Crippen LogP contribution in [-0.2, 0) is 0 Å². The average Bonchev–Trinajstić information content (AvgIpc) is 3.51. The fourth-order valence-corrected chi connectivity index (χ4v) is 7.37. The van der Waals surface area contributed by atoms with Crippen molar-refractivity contribution in [2.24, 2.45) is 0 Å². The summed E-state index contributed by atoms with van der Waals surface area (Å²) in [7, 11) is 0. The van der Waals surface area contributed by atoms with Gasteiger partial charge in [0.15, 0.2) is 28.7 Å². The second-order valence-corrected chi connectivity index (χ2v) is 12.4. The van der Waals surface area contributed by atoms with E-state index < -0.39 is 0 Å².